The highest BCUT2D eigenvalue weighted by Gasteiger charge is 2.36. The van der Waals surface area contributed by atoms with Gasteiger partial charge < -0.3 is 27.4 Å². The summed E-state index contributed by atoms with van der Waals surface area (Å²) in [6, 6.07) is 7.04. The highest BCUT2D eigenvalue weighted by molar-refractivity contribution is 6.53. The van der Waals surface area contributed by atoms with Gasteiger partial charge in [0.05, 0.1) is 24.7 Å². The van der Waals surface area contributed by atoms with E-state index in [1.54, 1.807) is 36.4 Å². The molecule has 0 radical (unpaired) electrons. The molecule has 0 spiro atoms. The lowest BCUT2D eigenvalue weighted by atomic mass is 10.1. The van der Waals surface area contributed by atoms with E-state index in [9.17, 15) is 13.0 Å². The van der Waals surface area contributed by atoms with Gasteiger partial charge >= 0.3 is 7.11 Å². The number of alkyl halides is 1. The summed E-state index contributed by atoms with van der Waals surface area (Å²) in [6.45, 7) is 0.124. The molecule has 0 bridgehead atoms. The molecule has 1 aliphatic heterocycles. The van der Waals surface area contributed by atoms with Gasteiger partial charge in [0.1, 0.15) is 33.1 Å². The zero-order chi connectivity index (χ0) is 24.4. The van der Waals surface area contributed by atoms with Crippen molar-refractivity contribution in [3.05, 3.63) is 95.5 Å². The molecule has 5 nitrogen and oxygen atoms in total. The summed E-state index contributed by atoms with van der Waals surface area (Å²) in [5, 5.41) is 0. The van der Waals surface area contributed by atoms with Crippen LogP contribution in [0.25, 0.3) is 6.08 Å². The summed E-state index contributed by atoms with van der Waals surface area (Å²) >= 11 is 0. The lowest BCUT2D eigenvalue weighted by molar-refractivity contribution is -0.462. The fraction of sp³-hybridized carbons (Fsp3) is 0.240. The van der Waals surface area contributed by atoms with E-state index < -0.39 is 13.8 Å². The predicted molar refractivity (Wildman–Crippen MR) is 128 cm³/mol. The Kier molecular flexibility index (Phi) is 8.98. The third-order valence-corrected chi connectivity index (χ3v) is 4.72. The predicted octanol–water partition coefficient (Wildman–Crippen LogP) is 5.02. The number of hydrogen-bond acceptors (Lipinski definition) is 4. The van der Waals surface area contributed by atoms with Gasteiger partial charge in [-0.05, 0) is 47.6 Å². The van der Waals surface area contributed by atoms with Crippen LogP contribution in [0.1, 0.15) is 5.56 Å². The number of benzene rings is 1. The molecule has 1 heterocycles. The minimum atomic E-state index is -4.47. The first-order valence-electron chi connectivity index (χ1n) is 10.8. The van der Waals surface area contributed by atoms with Crippen LogP contribution in [-0.2, 0) is 14.0 Å². The first-order valence-corrected chi connectivity index (χ1v) is 10.8. The fourth-order valence-electron chi connectivity index (χ4n) is 3.01. The zero-order valence-electron chi connectivity index (χ0n) is 19.1. The summed E-state index contributed by atoms with van der Waals surface area (Å²) in [7, 11) is -0.586. The summed E-state index contributed by atoms with van der Waals surface area (Å²) in [5.74, 6) is 0.618. The van der Waals surface area contributed by atoms with E-state index in [2.05, 4.69) is 9.31 Å². The van der Waals surface area contributed by atoms with Crippen LogP contribution in [0.2, 0.25) is 0 Å². The molecule has 0 saturated carbocycles. The fourth-order valence-corrected chi connectivity index (χ4v) is 3.01. The van der Waals surface area contributed by atoms with E-state index in [0.717, 1.165) is 16.8 Å². The van der Waals surface area contributed by atoms with Crippen molar-refractivity contribution < 1.29 is 36.4 Å². The Bertz CT molecular complexity index is 1050. The number of allylic oxidation sites excluding steroid dienone is 9. The van der Waals surface area contributed by atoms with E-state index in [0.29, 0.717) is 19.0 Å². The molecule has 1 aromatic carbocycles. The molecule has 1 aromatic rings. The van der Waals surface area contributed by atoms with Gasteiger partial charge in [0.15, 0.2) is 5.71 Å². The van der Waals surface area contributed by atoms with E-state index in [4.69, 9.17) is 9.47 Å². The van der Waals surface area contributed by atoms with Crippen molar-refractivity contribution in [3.63, 3.8) is 0 Å². The van der Waals surface area contributed by atoms with Crippen molar-refractivity contribution >= 4 is 18.9 Å². The van der Waals surface area contributed by atoms with Gasteiger partial charge in [-0.2, -0.15) is 0 Å². The minimum Gasteiger partial charge on any atom is -0.627 e. The maximum Gasteiger partial charge on any atom is 0.725 e. The topological polar surface area (TPSA) is 39.9 Å². The van der Waals surface area contributed by atoms with Crippen LogP contribution in [-0.4, -0.2) is 58.0 Å². The average Bonchev–Trinajstić information content (AvgIpc) is 2.81. The van der Waals surface area contributed by atoms with Gasteiger partial charge in [-0.25, -0.2) is 8.97 Å². The van der Waals surface area contributed by atoms with Crippen LogP contribution in [0.15, 0.2) is 90.0 Å². The molecule has 1 aliphatic carbocycles. The highest BCUT2D eigenvalue weighted by atomic mass is 19.3. The molecule has 0 amide bonds. The summed E-state index contributed by atoms with van der Waals surface area (Å²) in [6.07, 6.45) is 15.4. The molecular weight excluding hydrogens is 446 g/mol. The van der Waals surface area contributed by atoms with Crippen molar-refractivity contribution in [2.45, 2.75) is 0 Å². The maximum atomic E-state index is 14.0. The number of rotatable bonds is 9. The Morgan fingerprint density at radius 2 is 1.65 bits per heavy atom. The maximum absolute atomic E-state index is 14.0. The Morgan fingerprint density at radius 1 is 0.912 bits per heavy atom. The second-order valence-corrected chi connectivity index (χ2v) is 7.59. The normalized spacial score (nSPS) is 18.0. The van der Waals surface area contributed by atoms with Crippen LogP contribution in [0.5, 0.6) is 5.75 Å². The summed E-state index contributed by atoms with van der Waals surface area (Å²) in [4.78, 5) is 0. The summed E-state index contributed by atoms with van der Waals surface area (Å²) < 4.78 is 61.8. The lowest BCUT2D eigenvalue weighted by Gasteiger charge is -2.33. The quantitative estimate of drug-likeness (QED) is 0.287. The second-order valence-electron chi connectivity index (χ2n) is 7.59. The van der Waals surface area contributed by atoms with Crippen LogP contribution in [0.4, 0.5) is 13.0 Å². The third kappa shape index (κ3) is 8.15. The number of halogens is 3. The largest absolute Gasteiger partial charge is 0.725 e. The molecule has 9 heteroatoms. The van der Waals surface area contributed by atoms with E-state index in [1.807, 2.05) is 43.0 Å². The molecule has 34 heavy (non-hydrogen) atoms. The first kappa shape index (κ1) is 25.2. The molecular formula is C25H27BF3NO4. The monoisotopic (exact) mass is 473 g/mol. The molecule has 0 atom stereocenters. The SMILES string of the molecule is C[N+](C)=C1C=CC(=CC=C2C=C(/C=C/c3ccc(OCCOCCF)cc3)O[B-](F)(F)O2)C=C1. The van der Waals surface area contributed by atoms with Crippen LogP contribution >= 0.6 is 0 Å². The molecule has 3 rings (SSSR count). The Hall–Kier alpha value is -3.46. The van der Waals surface area contributed by atoms with Crippen molar-refractivity contribution in [2.24, 2.45) is 0 Å². The molecule has 0 unspecified atom stereocenters. The number of nitrogens with zero attached hydrogens (tertiary/aromatic N) is 1. The average molecular weight is 473 g/mol. The standard InChI is InChI=1S/C25H27BF3NO4/c1-30(2)22-9-3-20(4-10-22)7-13-24-19-25(34-26(28,29)33-24)14-8-21-5-11-23(12-6-21)32-18-17-31-16-15-27/h3-14,19H,15-18H2,1-2H3/b14-8+,24-13?. The minimum absolute atomic E-state index is 0.00585. The van der Waals surface area contributed by atoms with Crippen LogP contribution in [0, 0.1) is 0 Å². The van der Waals surface area contributed by atoms with Crippen molar-refractivity contribution in [3.8, 4) is 5.75 Å². The lowest BCUT2D eigenvalue weighted by Crippen LogP contribution is -2.33. The van der Waals surface area contributed by atoms with Gasteiger partial charge in [0, 0.05) is 18.2 Å². The zero-order valence-corrected chi connectivity index (χ0v) is 19.1. The highest BCUT2D eigenvalue weighted by Crippen LogP contribution is 2.28. The van der Waals surface area contributed by atoms with E-state index in [1.165, 1.54) is 18.2 Å². The van der Waals surface area contributed by atoms with Gasteiger partial charge in [-0.3, -0.25) is 0 Å². The van der Waals surface area contributed by atoms with Crippen LogP contribution < -0.4 is 4.74 Å². The molecule has 0 fully saturated rings. The molecule has 2 aliphatic rings. The third-order valence-electron chi connectivity index (χ3n) is 4.72. The smallest absolute Gasteiger partial charge is 0.627 e. The Balaban J connectivity index is 1.64. The first-order chi connectivity index (χ1) is 16.3. The van der Waals surface area contributed by atoms with Crippen LogP contribution in [0.3, 0.4) is 0 Å². The van der Waals surface area contributed by atoms with Crippen molar-refractivity contribution in [2.75, 3.05) is 40.6 Å². The van der Waals surface area contributed by atoms with Gasteiger partial charge in [-0.1, -0.05) is 24.3 Å². The molecule has 0 aromatic heterocycles. The van der Waals surface area contributed by atoms with Gasteiger partial charge in [0.2, 0.25) is 0 Å². The van der Waals surface area contributed by atoms with Crippen molar-refractivity contribution in [1.29, 1.82) is 0 Å². The number of hydrogen-bond donors (Lipinski definition) is 0. The van der Waals surface area contributed by atoms with Gasteiger partial charge in [0.25, 0.3) is 0 Å². The second kappa shape index (κ2) is 12.1. The Morgan fingerprint density at radius 3 is 2.32 bits per heavy atom. The molecule has 180 valence electrons. The molecule has 0 saturated heterocycles. The number of ether oxygens (including phenoxy) is 2. The van der Waals surface area contributed by atoms with E-state index in [-0.39, 0.29) is 18.1 Å². The van der Waals surface area contributed by atoms with Gasteiger partial charge in [-0.15, -0.1) is 0 Å². The summed E-state index contributed by atoms with van der Waals surface area (Å²) in [5.41, 5.74) is 2.66. The van der Waals surface area contributed by atoms with E-state index >= 15 is 0 Å². The molecule has 0 N–H and O–H groups in total. The van der Waals surface area contributed by atoms with Crippen molar-refractivity contribution in [1.82, 2.24) is 0 Å². The Labute approximate surface area is 197 Å².